The molecule has 0 saturated carbocycles. The van der Waals surface area contributed by atoms with Gasteiger partial charge in [-0.05, 0) is 24.8 Å². The summed E-state index contributed by atoms with van der Waals surface area (Å²) in [6, 6.07) is 1.26. The van der Waals surface area contributed by atoms with Crippen molar-refractivity contribution in [1.29, 1.82) is 0 Å². The Balaban J connectivity index is 1.82. The normalized spacial score (nSPS) is 23.0. The molecule has 0 aliphatic carbocycles. The van der Waals surface area contributed by atoms with Gasteiger partial charge in [-0.3, -0.25) is 4.79 Å². The Kier molecular flexibility index (Phi) is 4.58. The van der Waals surface area contributed by atoms with E-state index >= 15 is 0 Å². The fourth-order valence-corrected chi connectivity index (χ4v) is 2.93. The van der Waals surface area contributed by atoms with Crippen LogP contribution in [0.5, 0.6) is 0 Å². The predicted molar refractivity (Wildman–Crippen MR) is 81.1 cm³/mol. The number of aromatic nitrogens is 2. The molecule has 1 amide bonds. The number of nitro groups is 1. The molecule has 23 heavy (non-hydrogen) atoms. The lowest BCUT2D eigenvalue weighted by Crippen LogP contribution is -2.47. The smallest absolute Gasteiger partial charge is 0.348 e. The average molecular weight is 323 g/mol. The maximum atomic E-state index is 12.5. The third kappa shape index (κ3) is 3.35. The first kappa shape index (κ1) is 15.9. The maximum absolute atomic E-state index is 12.5. The number of nitrogens with zero attached hydrogens (tertiary/aromatic N) is 5. The molecule has 0 radical (unpaired) electrons. The minimum atomic E-state index is -0.508. The Labute approximate surface area is 133 Å². The van der Waals surface area contributed by atoms with Crippen LogP contribution in [0.1, 0.15) is 36.0 Å². The molecule has 9 heteroatoms. The van der Waals surface area contributed by atoms with Crippen LogP contribution in [-0.2, 0) is 4.74 Å². The minimum absolute atomic E-state index is 0.121. The van der Waals surface area contributed by atoms with Crippen LogP contribution in [-0.4, -0.2) is 70.2 Å². The van der Waals surface area contributed by atoms with E-state index in [4.69, 9.17) is 4.74 Å². The highest BCUT2D eigenvalue weighted by Gasteiger charge is 2.32. The van der Waals surface area contributed by atoms with Crippen molar-refractivity contribution in [2.45, 2.75) is 25.5 Å². The van der Waals surface area contributed by atoms with Gasteiger partial charge in [-0.2, -0.15) is 0 Å². The van der Waals surface area contributed by atoms with Crippen LogP contribution in [0.4, 0.5) is 5.82 Å². The van der Waals surface area contributed by atoms with Gasteiger partial charge in [-0.25, -0.2) is 0 Å². The molecule has 0 spiro atoms. The maximum Gasteiger partial charge on any atom is 0.348 e. The van der Waals surface area contributed by atoms with Crippen molar-refractivity contribution in [1.82, 2.24) is 19.6 Å². The van der Waals surface area contributed by atoms with Gasteiger partial charge in [0.2, 0.25) is 6.23 Å². The van der Waals surface area contributed by atoms with Crippen molar-refractivity contribution in [2.75, 3.05) is 39.8 Å². The number of ether oxygens (including phenoxy) is 1. The summed E-state index contributed by atoms with van der Waals surface area (Å²) in [5.41, 5.74) is 0.121. The van der Waals surface area contributed by atoms with Gasteiger partial charge in [0.1, 0.15) is 0 Å². The van der Waals surface area contributed by atoms with E-state index in [1.165, 1.54) is 10.7 Å². The molecule has 1 atom stereocenters. The largest absolute Gasteiger partial charge is 0.358 e. The summed E-state index contributed by atoms with van der Waals surface area (Å²) in [5.74, 6) is -0.440. The number of rotatable bonds is 3. The first-order valence-electron chi connectivity index (χ1n) is 7.89. The summed E-state index contributed by atoms with van der Waals surface area (Å²) >= 11 is 0. The first-order valence-corrected chi connectivity index (χ1v) is 7.89. The van der Waals surface area contributed by atoms with Crippen molar-refractivity contribution >= 4 is 11.7 Å². The van der Waals surface area contributed by atoms with E-state index in [-0.39, 0.29) is 17.4 Å². The van der Waals surface area contributed by atoms with E-state index < -0.39 is 11.2 Å². The Hall–Kier alpha value is -2.00. The van der Waals surface area contributed by atoms with Crippen molar-refractivity contribution < 1.29 is 14.5 Å². The lowest BCUT2D eigenvalue weighted by Gasteiger charge is -2.31. The highest BCUT2D eigenvalue weighted by Crippen LogP contribution is 2.27. The fourth-order valence-electron chi connectivity index (χ4n) is 2.93. The molecule has 0 N–H and O–H groups in total. The summed E-state index contributed by atoms with van der Waals surface area (Å²) in [5, 5.41) is 15.5. The molecule has 3 heterocycles. The zero-order valence-corrected chi connectivity index (χ0v) is 13.2. The summed E-state index contributed by atoms with van der Waals surface area (Å²) < 4.78 is 6.82. The van der Waals surface area contributed by atoms with Gasteiger partial charge in [-0.15, -0.1) is 4.68 Å². The Morgan fingerprint density at radius 2 is 2.09 bits per heavy atom. The zero-order valence-electron chi connectivity index (χ0n) is 13.2. The van der Waals surface area contributed by atoms with Crippen molar-refractivity contribution in [3.05, 3.63) is 21.9 Å². The number of carbonyl (C=O) groups is 1. The molecule has 9 nitrogen and oxygen atoms in total. The first-order chi connectivity index (χ1) is 11.1. The fraction of sp³-hybridized carbons (Fsp3) is 0.714. The van der Waals surface area contributed by atoms with Gasteiger partial charge >= 0.3 is 5.82 Å². The third-order valence-electron chi connectivity index (χ3n) is 4.34. The second-order valence-electron chi connectivity index (χ2n) is 6.01. The number of hydrogen-bond acceptors (Lipinski definition) is 6. The van der Waals surface area contributed by atoms with Gasteiger partial charge in [0.05, 0.1) is 12.7 Å². The summed E-state index contributed by atoms with van der Waals surface area (Å²) in [6.45, 7) is 3.36. The van der Waals surface area contributed by atoms with Crippen LogP contribution >= 0.6 is 0 Å². The van der Waals surface area contributed by atoms with E-state index in [1.807, 2.05) is 7.05 Å². The lowest BCUT2D eigenvalue weighted by molar-refractivity contribution is -0.394. The molecule has 2 saturated heterocycles. The Morgan fingerprint density at radius 1 is 1.35 bits per heavy atom. The van der Waals surface area contributed by atoms with E-state index in [9.17, 15) is 14.9 Å². The van der Waals surface area contributed by atoms with Gasteiger partial charge < -0.3 is 24.7 Å². The van der Waals surface area contributed by atoms with Gasteiger partial charge in [0, 0.05) is 32.6 Å². The molecule has 1 unspecified atom stereocenters. The lowest BCUT2D eigenvalue weighted by atomic mass is 10.2. The molecule has 2 aliphatic heterocycles. The molecule has 2 fully saturated rings. The average Bonchev–Trinajstić information content (AvgIpc) is 3.01. The van der Waals surface area contributed by atoms with Gasteiger partial charge in [0.25, 0.3) is 5.91 Å². The Bertz CT molecular complexity index is 588. The zero-order chi connectivity index (χ0) is 16.4. The van der Waals surface area contributed by atoms with Gasteiger partial charge in [-0.1, -0.05) is 5.10 Å². The molecule has 2 aliphatic rings. The predicted octanol–water partition coefficient (Wildman–Crippen LogP) is 0.878. The summed E-state index contributed by atoms with van der Waals surface area (Å²) in [4.78, 5) is 27.1. The van der Waals surface area contributed by atoms with Crippen LogP contribution in [0.15, 0.2) is 6.07 Å². The number of likely N-dealkylation sites (N-methyl/N-ethyl adjacent to an activating group) is 1. The molecule has 0 aromatic carbocycles. The van der Waals surface area contributed by atoms with E-state index in [1.54, 1.807) is 4.90 Å². The van der Waals surface area contributed by atoms with Crippen LogP contribution in [0.3, 0.4) is 0 Å². The second kappa shape index (κ2) is 6.63. The van der Waals surface area contributed by atoms with Crippen LogP contribution < -0.4 is 0 Å². The standard InChI is InChI=1S/C14H21N5O4/c1-16-5-7-17(8-6-16)14(20)11-10-12(19(21)22)18(15-11)13-4-2-3-9-23-13/h10,13H,2-9H2,1H3. The summed E-state index contributed by atoms with van der Waals surface area (Å²) in [7, 11) is 2.00. The third-order valence-corrected chi connectivity index (χ3v) is 4.34. The van der Waals surface area contributed by atoms with E-state index in [0.717, 1.165) is 25.9 Å². The number of piperazine rings is 1. The van der Waals surface area contributed by atoms with Crippen LogP contribution in [0.25, 0.3) is 0 Å². The van der Waals surface area contributed by atoms with Crippen LogP contribution in [0.2, 0.25) is 0 Å². The number of amides is 1. The van der Waals surface area contributed by atoms with E-state index in [2.05, 4.69) is 10.00 Å². The Morgan fingerprint density at radius 3 is 2.70 bits per heavy atom. The highest BCUT2D eigenvalue weighted by atomic mass is 16.6. The van der Waals surface area contributed by atoms with Gasteiger partial charge in [0.15, 0.2) is 5.69 Å². The topological polar surface area (TPSA) is 93.7 Å². The SMILES string of the molecule is CN1CCN(C(=O)c2cc([N+](=O)[O-])n(C3CCCCO3)n2)CC1. The molecule has 126 valence electrons. The van der Waals surface area contributed by atoms with E-state index in [0.29, 0.717) is 26.1 Å². The number of hydrogen-bond donors (Lipinski definition) is 0. The number of carbonyl (C=O) groups excluding carboxylic acids is 1. The molecule has 0 bridgehead atoms. The monoisotopic (exact) mass is 323 g/mol. The van der Waals surface area contributed by atoms with Crippen LogP contribution in [0, 0.1) is 10.1 Å². The summed E-state index contributed by atoms with van der Waals surface area (Å²) in [6.07, 6.45) is 2.09. The second-order valence-corrected chi connectivity index (χ2v) is 6.01. The molecular weight excluding hydrogens is 302 g/mol. The molecule has 1 aromatic rings. The minimum Gasteiger partial charge on any atom is -0.358 e. The van der Waals surface area contributed by atoms with Crippen molar-refractivity contribution in [2.24, 2.45) is 0 Å². The molecule has 1 aromatic heterocycles. The highest BCUT2D eigenvalue weighted by molar-refractivity contribution is 5.92. The molecular formula is C14H21N5O4. The van der Waals surface area contributed by atoms with Crippen molar-refractivity contribution in [3.63, 3.8) is 0 Å². The quantitative estimate of drug-likeness (QED) is 0.605. The van der Waals surface area contributed by atoms with Crippen molar-refractivity contribution in [3.8, 4) is 0 Å². The molecule has 3 rings (SSSR count).